The molecule has 96 valence electrons. The van der Waals surface area contributed by atoms with Gasteiger partial charge in [0.15, 0.2) is 0 Å². The molecule has 0 bridgehead atoms. The summed E-state index contributed by atoms with van der Waals surface area (Å²) in [7, 11) is 0. The molecule has 1 N–H and O–H groups in total. The minimum absolute atomic E-state index is 0.216. The molecule has 0 saturated carbocycles. The van der Waals surface area contributed by atoms with E-state index in [1.807, 2.05) is 32.6 Å². The second-order valence-corrected chi connectivity index (χ2v) is 3.82. The van der Waals surface area contributed by atoms with Crippen LogP contribution in [0.25, 0.3) is 0 Å². The lowest BCUT2D eigenvalue weighted by molar-refractivity contribution is -0.131. The Kier molecular flexibility index (Phi) is 9.24. The van der Waals surface area contributed by atoms with Crippen LogP contribution in [-0.2, 0) is 9.53 Å². The maximum absolute atomic E-state index is 11.8. The van der Waals surface area contributed by atoms with Crippen molar-refractivity contribution in [3.05, 3.63) is 0 Å². The molecule has 4 nitrogen and oxygen atoms in total. The topological polar surface area (TPSA) is 41.6 Å². The molecule has 0 aliphatic carbocycles. The minimum atomic E-state index is 0.216. The van der Waals surface area contributed by atoms with E-state index in [1.54, 1.807) is 0 Å². The number of amides is 1. The minimum Gasteiger partial charge on any atom is -0.380 e. The summed E-state index contributed by atoms with van der Waals surface area (Å²) in [5, 5.41) is 3.28. The van der Waals surface area contributed by atoms with Crippen molar-refractivity contribution < 1.29 is 9.53 Å². The Hall–Kier alpha value is -0.610. The van der Waals surface area contributed by atoms with E-state index in [4.69, 9.17) is 4.74 Å². The molecule has 0 radical (unpaired) electrons. The summed E-state index contributed by atoms with van der Waals surface area (Å²) in [4.78, 5) is 13.6. The molecule has 0 aliphatic rings. The van der Waals surface area contributed by atoms with Crippen molar-refractivity contribution >= 4 is 5.91 Å². The van der Waals surface area contributed by atoms with E-state index in [1.165, 1.54) is 0 Å². The van der Waals surface area contributed by atoms with Gasteiger partial charge in [0.2, 0.25) is 5.91 Å². The number of carbonyl (C=O) groups is 1. The maximum Gasteiger partial charge on any atom is 0.224 e. The van der Waals surface area contributed by atoms with Crippen LogP contribution in [0, 0.1) is 0 Å². The second kappa shape index (κ2) is 9.60. The van der Waals surface area contributed by atoms with Crippen LogP contribution < -0.4 is 5.32 Å². The molecule has 0 aromatic carbocycles. The number of hydrogen-bond donors (Lipinski definition) is 1. The molecule has 0 aliphatic heterocycles. The zero-order valence-electron chi connectivity index (χ0n) is 11.1. The highest BCUT2D eigenvalue weighted by Crippen LogP contribution is 1.98. The van der Waals surface area contributed by atoms with Gasteiger partial charge in [0.05, 0.1) is 6.61 Å². The van der Waals surface area contributed by atoms with Gasteiger partial charge < -0.3 is 15.0 Å². The largest absolute Gasteiger partial charge is 0.380 e. The molecule has 1 amide bonds. The zero-order chi connectivity index (χ0) is 12.4. The Morgan fingerprint density at radius 3 is 2.44 bits per heavy atom. The molecule has 16 heavy (non-hydrogen) atoms. The molecule has 0 spiro atoms. The average Bonchev–Trinajstić information content (AvgIpc) is 2.26. The third-order valence-electron chi connectivity index (χ3n) is 2.54. The number of nitrogens with one attached hydrogen (secondary N) is 1. The lowest BCUT2D eigenvalue weighted by Gasteiger charge is -2.21. The average molecular weight is 230 g/mol. The molecule has 0 fully saturated rings. The van der Waals surface area contributed by atoms with Crippen LogP contribution in [0.3, 0.4) is 0 Å². The SMILES string of the molecule is CCOCCNC(C)CC(=O)N(CC)CC. The molecular weight excluding hydrogens is 204 g/mol. The fourth-order valence-corrected chi connectivity index (χ4v) is 1.56. The summed E-state index contributed by atoms with van der Waals surface area (Å²) >= 11 is 0. The lowest BCUT2D eigenvalue weighted by atomic mass is 10.2. The molecule has 1 atom stereocenters. The summed E-state index contributed by atoms with van der Waals surface area (Å²) in [5.41, 5.74) is 0. The number of ether oxygens (including phenoxy) is 1. The van der Waals surface area contributed by atoms with Gasteiger partial charge in [0, 0.05) is 38.7 Å². The lowest BCUT2D eigenvalue weighted by Crippen LogP contribution is -2.37. The van der Waals surface area contributed by atoms with Gasteiger partial charge in [-0.1, -0.05) is 0 Å². The summed E-state index contributed by atoms with van der Waals surface area (Å²) in [6.07, 6.45) is 0.563. The van der Waals surface area contributed by atoms with Crippen molar-refractivity contribution in [3.63, 3.8) is 0 Å². The van der Waals surface area contributed by atoms with Crippen LogP contribution in [0.4, 0.5) is 0 Å². The zero-order valence-corrected chi connectivity index (χ0v) is 11.1. The summed E-state index contributed by atoms with van der Waals surface area (Å²) in [5.74, 6) is 0.224. The van der Waals surface area contributed by atoms with Crippen LogP contribution in [0.5, 0.6) is 0 Å². The Bertz CT molecular complexity index is 182. The third kappa shape index (κ3) is 6.80. The van der Waals surface area contributed by atoms with Gasteiger partial charge in [0.1, 0.15) is 0 Å². The van der Waals surface area contributed by atoms with Gasteiger partial charge >= 0.3 is 0 Å². The fourth-order valence-electron chi connectivity index (χ4n) is 1.56. The first-order chi connectivity index (χ1) is 7.65. The molecule has 0 rings (SSSR count). The van der Waals surface area contributed by atoms with Crippen LogP contribution >= 0.6 is 0 Å². The molecule has 0 saturated heterocycles. The fraction of sp³-hybridized carbons (Fsp3) is 0.917. The maximum atomic E-state index is 11.8. The summed E-state index contributed by atoms with van der Waals surface area (Å²) in [6.45, 7) is 11.9. The van der Waals surface area contributed by atoms with Crippen molar-refractivity contribution in [3.8, 4) is 0 Å². The second-order valence-electron chi connectivity index (χ2n) is 3.82. The van der Waals surface area contributed by atoms with Crippen molar-refractivity contribution in [2.24, 2.45) is 0 Å². The molecular formula is C12H26N2O2. The van der Waals surface area contributed by atoms with Crippen molar-refractivity contribution in [1.29, 1.82) is 0 Å². The van der Waals surface area contributed by atoms with E-state index >= 15 is 0 Å². The van der Waals surface area contributed by atoms with Gasteiger partial charge in [0.25, 0.3) is 0 Å². The number of carbonyl (C=O) groups excluding carboxylic acids is 1. The molecule has 4 heteroatoms. The highest BCUT2D eigenvalue weighted by molar-refractivity contribution is 5.76. The predicted molar refractivity (Wildman–Crippen MR) is 66.5 cm³/mol. The molecule has 0 aromatic rings. The van der Waals surface area contributed by atoms with E-state index in [2.05, 4.69) is 5.32 Å². The molecule has 1 unspecified atom stereocenters. The highest BCUT2D eigenvalue weighted by Gasteiger charge is 2.13. The van der Waals surface area contributed by atoms with E-state index in [-0.39, 0.29) is 11.9 Å². The number of rotatable bonds is 9. The highest BCUT2D eigenvalue weighted by atomic mass is 16.5. The summed E-state index contributed by atoms with van der Waals surface area (Å²) < 4.78 is 5.22. The van der Waals surface area contributed by atoms with Crippen LogP contribution in [-0.4, -0.2) is 49.7 Å². The number of nitrogens with zero attached hydrogens (tertiary/aromatic N) is 1. The van der Waals surface area contributed by atoms with Crippen LogP contribution in [0.15, 0.2) is 0 Å². The van der Waals surface area contributed by atoms with Crippen molar-refractivity contribution in [1.82, 2.24) is 10.2 Å². The van der Waals surface area contributed by atoms with E-state index in [0.29, 0.717) is 13.0 Å². The Labute approximate surface area is 99.3 Å². The van der Waals surface area contributed by atoms with Crippen LogP contribution in [0.2, 0.25) is 0 Å². The van der Waals surface area contributed by atoms with Gasteiger partial charge in [-0.2, -0.15) is 0 Å². The Morgan fingerprint density at radius 2 is 1.94 bits per heavy atom. The van der Waals surface area contributed by atoms with Gasteiger partial charge in [-0.05, 0) is 27.7 Å². The first kappa shape index (κ1) is 15.4. The predicted octanol–water partition coefficient (Wildman–Crippen LogP) is 1.26. The van der Waals surface area contributed by atoms with E-state index < -0.39 is 0 Å². The Balaban J connectivity index is 3.68. The van der Waals surface area contributed by atoms with Gasteiger partial charge in [-0.15, -0.1) is 0 Å². The van der Waals surface area contributed by atoms with E-state index in [0.717, 1.165) is 26.2 Å². The first-order valence-electron chi connectivity index (χ1n) is 6.24. The molecule has 0 heterocycles. The first-order valence-corrected chi connectivity index (χ1v) is 6.24. The summed E-state index contributed by atoms with van der Waals surface area (Å²) in [6, 6.07) is 0.216. The monoisotopic (exact) mass is 230 g/mol. The standard InChI is InChI=1S/C12H26N2O2/c1-5-14(6-2)12(15)10-11(4)13-8-9-16-7-3/h11,13H,5-10H2,1-4H3. The normalized spacial score (nSPS) is 12.5. The molecule has 0 aromatic heterocycles. The third-order valence-corrected chi connectivity index (χ3v) is 2.54. The van der Waals surface area contributed by atoms with Crippen molar-refractivity contribution in [2.75, 3.05) is 32.8 Å². The van der Waals surface area contributed by atoms with E-state index in [9.17, 15) is 4.79 Å². The van der Waals surface area contributed by atoms with Crippen LogP contribution in [0.1, 0.15) is 34.1 Å². The number of hydrogen-bond acceptors (Lipinski definition) is 3. The smallest absolute Gasteiger partial charge is 0.224 e. The Morgan fingerprint density at radius 1 is 1.31 bits per heavy atom. The van der Waals surface area contributed by atoms with Gasteiger partial charge in [-0.25, -0.2) is 0 Å². The van der Waals surface area contributed by atoms with Gasteiger partial charge in [-0.3, -0.25) is 4.79 Å². The van der Waals surface area contributed by atoms with Crippen molar-refractivity contribution in [2.45, 2.75) is 40.2 Å². The quantitative estimate of drug-likeness (QED) is 0.606.